The Balaban J connectivity index is 1.57. The number of hydrogen-bond donors (Lipinski definition) is 2. The third-order valence-electron chi connectivity index (χ3n) is 4.27. The zero-order chi connectivity index (χ0) is 16.5. The molecule has 2 rings (SSSR count). The average molecular weight is 317 g/mol. The molecule has 0 spiro atoms. The van der Waals surface area contributed by atoms with E-state index in [1.54, 1.807) is 0 Å². The van der Waals surface area contributed by atoms with Gasteiger partial charge in [-0.3, -0.25) is 9.59 Å². The number of nitrogens with zero attached hydrogens (tertiary/aromatic N) is 1. The van der Waals surface area contributed by atoms with Crippen molar-refractivity contribution in [3.8, 4) is 0 Å². The van der Waals surface area contributed by atoms with E-state index in [-0.39, 0.29) is 24.4 Å². The van der Waals surface area contributed by atoms with Crippen LogP contribution in [0.4, 0.5) is 0 Å². The van der Waals surface area contributed by atoms with E-state index >= 15 is 0 Å². The lowest BCUT2D eigenvalue weighted by Gasteiger charge is -2.22. The number of benzene rings is 1. The number of carbonyl (C=O) groups excluding carboxylic acids is 2. The maximum atomic E-state index is 11.9. The summed E-state index contributed by atoms with van der Waals surface area (Å²) in [7, 11) is 0. The summed E-state index contributed by atoms with van der Waals surface area (Å²) in [6.45, 7) is 4.87. The predicted molar refractivity (Wildman–Crippen MR) is 91.1 cm³/mol. The van der Waals surface area contributed by atoms with Gasteiger partial charge in [-0.25, -0.2) is 0 Å². The monoisotopic (exact) mass is 317 g/mol. The highest BCUT2D eigenvalue weighted by molar-refractivity contribution is 5.84. The summed E-state index contributed by atoms with van der Waals surface area (Å²) in [6.07, 6.45) is 3.69. The van der Waals surface area contributed by atoms with Gasteiger partial charge >= 0.3 is 0 Å². The molecule has 23 heavy (non-hydrogen) atoms. The molecule has 1 fully saturated rings. The molecule has 0 aromatic heterocycles. The fourth-order valence-corrected chi connectivity index (χ4v) is 2.88. The smallest absolute Gasteiger partial charge is 0.239 e. The molecule has 0 saturated carbocycles. The van der Waals surface area contributed by atoms with Gasteiger partial charge in [-0.2, -0.15) is 0 Å². The first-order chi connectivity index (χ1) is 11.1. The van der Waals surface area contributed by atoms with Crippen molar-refractivity contribution in [2.24, 2.45) is 0 Å². The summed E-state index contributed by atoms with van der Waals surface area (Å²) in [6, 6.07) is 10.3. The maximum Gasteiger partial charge on any atom is 0.239 e. The number of nitrogens with one attached hydrogen (secondary N) is 2. The molecule has 1 aliphatic heterocycles. The zero-order valence-corrected chi connectivity index (χ0v) is 13.9. The Labute approximate surface area is 138 Å². The molecule has 0 unspecified atom stereocenters. The standard InChI is InChI=1S/C18H27N3O2/c1-15(21-11-5-6-12-21)13-17(22)20-14-18(23)19-10-9-16-7-3-2-4-8-16/h2-4,7-8,15H,5-6,9-14H2,1H3,(H,19,23)(H,20,22)/t15-/m0/s1. The molecule has 126 valence electrons. The maximum absolute atomic E-state index is 11.9. The minimum atomic E-state index is -0.136. The summed E-state index contributed by atoms with van der Waals surface area (Å²) in [5.74, 6) is -0.189. The van der Waals surface area contributed by atoms with E-state index in [9.17, 15) is 9.59 Å². The van der Waals surface area contributed by atoms with Crippen LogP contribution in [0, 0.1) is 0 Å². The van der Waals surface area contributed by atoms with E-state index in [1.807, 2.05) is 30.3 Å². The highest BCUT2D eigenvalue weighted by Crippen LogP contribution is 2.13. The minimum Gasteiger partial charge on any atom is -0.354 e. The summed E-state index contributed by atoms with van der Waals surface area (Å²) in [4.78, 5) is 26.0. The second kappa shape index (κ2) is 9.30. The first kappa shape index (κ1) is 17.5. The number of carbonyl (C=O) groups is 2. The van der Waals surface area contributed by atoms with E-state index in [1.165, 1.54) is 18.4 Å². The van der Waals surface area contributed by atoms with Crippen LogP contribution in [0.3, 0.4) is 0 Å². The van der Waals surface area contributed by atoms with E-state index < -0.39 is 0 Å². The molecule has 0 aliphatic carbocycles. The van der Waals surface area contributed by atoms with Crippen LogP contribution in [0.2, 0.25) is 0 Å². The van der Waals surface area contributed by atoms with Gasteiger partial charge in [0.25, 0.3) is 0 Å². The molecule has 2 N–H and O–H groups in total. The van der Waals surface area contributed by atoms with Crippen LogP contribution in [0.25, 0.3) is 0 Å². The minimum absolute atomic E-state index is 0.0531. The summed E-state index contributed by atoms with van der Waals surface area (Å²) in [5.41, 5.74) is 1.19. The molecule has 1 aromatic carbocycles. The molecule has 2 amide bonds. The van der Waals surface area contributed by atoms with E-state index in [0.717, 1.165) is 19.5 Å². The van der Waals surface area contributed by atoms with Crippen LogP contribution in [0.5, 0.6) is 0 Å². The lowest BCUT2D eigenvalue weighted by Crippen LogP contribution is -2.40. The Bertz CT molecular complexity index is 498. The molecular formula is C18H27N3O2. The lowest BCUT2D eigenvalue weighted by molar-refractivity contribution is -0.126. The van der Waals surface area contributed by atoms with Crippen molar-refractivity contribution >= 4 is 11.8 Å². The van der Waals surface area contributed by atoms with E-state index in [2.05, 4.69) is 22.5 Å². The second-order valence-corrected chi connectivity index (χ2v) is 6.16. The SMILES string of the molecule is C[C@@H](CC(=O)NCC(=O)NCCc1ccccc1)N1CCCC1. The van der Waals surface area contributed by atoms with Crippen LogP contribution in [-0.2, 0) is 16.0 Å². The molecule has 1 atom stereocenters. The summed E-state index contributed by atoms with van der Waals surface area (Å²) < 4.78 is 0. The van der Waals surface area contributed by atoms with Gasteiger partial charge in [-0.15, -0.1) is 0 Å². The Morgan fingerprint density at radius 3 is 2.48 bits per heavy atom. The molecule has 1 heterocycles. The van der Waals surface area contributed by atoms with Crippen LogP contribution >= 0.6 is 0 Å². The molecule has 5 nitrogen and oxygen atoms in total. The second-order valence-electron chi connectivity index (χ2n) is 6.16. The molecule has 0 radical (unpaired) electrons. The van der Waals surface area contributed by atoms with Crippen molar-refractivity contribution in [2.45, 2.75) is 38.6 Å². The zero-order valence-electron chi connectivity index (χ0n) is 13.9. The van der Waals surface area contributed by atoms with Crippen molar-refractivity contribution in [3.63, 3.8) is 0 Å². The van der Waals surface area contributed by atoms with Crippen molar-refractivity contribution in [1.29, 1.82) is 0 Å². The molecule has 1 saturated heterocycles. The highest BCUT2D eigenvalue weighted by Gasteiger charge is 2.20. The van der Waals surface area contributed by atoms with Crippen molar-refractivity contribution < 1.29 is 9.59 Å². The fraction of sp³-hybridized carbons (Fsp3) is 0.556. The molecule has 5 heteroatoms. The summed E-state index contributed by atoms with van der Waals surface area (Å²) in [5, 5.41) is 5.54. The lowest BCUT2D eigenvalue weighted by atomic mass is 10.1. The van der Waals surface area contributed by atoms with Gasteiger partial charge in [-0.1, -0.05) is 30.3 Å². The van der Waals surface area contributed by atoms with Crippen LogP contribution in [0.1, 0.15) is 31.7 Å². The van der Waals surface area contributed by atoms with Gasteiger partial charge in [-0.05, 0) is 44.8 Å². The fourth-order valence-electron chi connectivity index (χ4n) is 2.88. The number of likely N-dealkylation sites (tertiary alicyclic amines) is 1. The molecule has 1 aromatic rings. The Hall–Kier alpha value is -1.88. The topological polar surface area (TPSA) is 61.4 Å². The van der Waals surface area contributed by atoms with Gasteiger partial charge < -0.3 is 15.5 Å². The number of amides is 2. The molecule has 1 aliphatic rings. The van der Waals surface area contributed by atoms with Gasteiger partial charge in [0.2, 0.25) is 11.8 Å². The van der Waals surface area contributed by atoms with Gasteiger partial charge in [0.1, 0.15) is 0 Å². The number of rotatable bonds is 8. The number of hydrogen-bond acceptors (Lipinski definition) is 3. The highest BCUT2D eigenvalue weighted by atomic mass is 16.2. The van der Waals surface area contributed by atoms with Crippen LogP contribution < -0.4 is 10.6 Å². The van der Waals surface area contributed by atoms with Crippen molar-refractivity contribution in [1.82, 2.24) is 15.5 Å². The third kappa shape index (κ3) is 6.40. The Morgan fingerprint density at radius 1 is 1.09 bits per heavy atom. The van der Waals surface area contributed by atoms with E-state index in [4.69, 9.17) is 0 Å². The quantitative estimate of drug-likeness (QED) is 0.760. The van der Waals surface area contributed by atoms with Crippen molar-refractivity contribution in [2.75, 3.05) is 26.2 Å². The van der Waals surface area contributed by atoms with Gasteiger partial charge in [0, 0.05) is 19.0 Å². The Kier molecular flexibility index (Phi) is 7.07. The van der Waals surface area contributed by atoms with E-state index in [0.29, 0.717) is 13.0 Å². The predicted octanol–water partition coefficient (Wildman–Crippen LogP) is 1.34. The third-order valence-corrected chi connectivity index (χ3v) is 4.27. The average Bonchev–Trinajstić information content (AvgIpc) is 3.08. The first-order valence-corrected chi connectivity index (χ1v) is 8.46. The first-order valence-electron chi connectivity index (χ1n) is 8.46. The summed E-state index contributed by atoms with van der Waals surface area (Å²) >= 11 is 0. The van der Waals surface area contributed by atoms with Crippen molar-refractivity contribution in [3.05, 3.63) is 35.9 Å². The van der Waals surface area contributed by atoms with Gasteiger partial charge in [0.05, 0.1) is 6.54 Å². The molecular weight excluding hydrogens is 290 g/mol. The van der Waals surface area contributed by atoms with Gasteiger partial charge in [0.15, 0.2) is 0 Å². The Morgan fingerprint density at radius 2 is 1.78 bits per heavy atom. The normalized spacial score (nSPS) is 16.0. The largest absolute Gasteiger partial charge is 0.354 e. The van der Waals surface area contributed by atoms with Crippen LogP contribution in [0.15, 0.2) is 30.3 Å². The van der Waals surface area contributed by atoms with Crippen LogP contribution in [-0.4, -0.2) is 48.9 Å². The molecule has 0 bridgehead atoms.